The van der Waals surface area contributed by atoms with E-state index < -0.39 is 0 Å². The molecule has 5 heteroatoms. The van der Waals surface area contributed by atoms with Gasteiger partial charge < -0.3 is 5.32 Å². The van der Waals surface area contributed by atoms with Gasteiger partial charge >= 0.3 is 0 Å². The lowest BCUT2D eigenvalue weighted by Gasteiger charge is -2.10. The van der Waals surface area contributed by atoms with Gasteiger partial charge in [0.2, 0.25) is 0 Å². The molecule has 1 aliphatic rings. The molecular weight excluding hydrogens is 337 g/mol. The molecule has 2 heterocycles. The van der Waals surface area contributed by atoms with Crippen molar-refractivity contribution in [2.75, 3.05) is 11.9 Å². The largest absolute Gasteiger partial charge is 0.370 e. The summed E-state index contributed by atoms with van der Waals surface area (Å²) in [6, 6.07) is 12.6. The molecule has 1 N–H and O–H groups in total. The number of anilines is 1. The van der Waals surface area contributed by atoms with Gasteiger partial charge in [-0.15, -0.1) is 0 Å². The first-order chi connectivity index (χ1) is 12.1. The number of fused-ring (bicyclic) bond motifs is 1. The fourth-order valence-corrected chi connectivity index (χ4v) is 3.45. The standard InChI is InChI=1S/C20H19ClFN3/c1-13-8-9-16(12-18(13)21)25-20-17(7-2-3-10-23-20)19(24-25)14-5-4-6-15(22)11-14/h4-6,8-9,11-12,23H,2-3,7,10H2,1H3. The maximum Gasteiger partial charge on any atom is 0.133 e. The highest BCUT2D eigenvalue weighted by atomic mass is 35.5. The number of nitrogens with zero attached hydrogens (tertiary/aromatic N) is 2. The first-order valence-corrected chi connectivity index (χ1v) is 8.89. The SMILES string of the molecule is Cc1ccc(-n2nc(-c3cccc(F)c3)c3c2NCCCC3)cc1Cl. The maximum atomic E-state index is 13.7. The Bertz CT molecular complexity index is 933. The van der Waals surface area contributed by atoms with Gasteiger partial charge in [-0.3, -0.25) is 0 Å². The molecule has 0 saturated heterocycles. The zero-order valence-electron chi connectivity index (χ0n) is 14.0. The van der Waals surface area contributed by atoms with Crippen molar-refractivity contribution in [1.82, 2.24) is 9.78 Å². The minimum atomic E-state index is -0.249. The summed E-state index contributed by atoms with van der Waals surface area (Å²) >= 11 is 6.31. The van der Waals surface area contributed by atoms with Crippen LogP contribution in [0.1, 0.15) is 24.0 Å². The maximum absolute atomic E-state index is 13.7. The van der Waals surface area contributed by atoms with Crippen molar-refractivity contribution in [3.63, 3.8) is 0 Å². The van der Waals surface area contributed by atoms with Crippen LogP contribution in [0.3, 0.4) is 0 Å². The first kappa shape index (κ1) is 16.2. The molecule has 25 heavy (non-hydrogen) atoms. The highest BCUT2D eigenvalue weighted by Crippen LogP contribution is 2.34. The van der Waals surface area contributed by atoms with Crippen molar-refractivity contribution in [3.8, 4) is 16.9 Å². The Morgan fingerprint density at radius 1 is 1.16 bits per heavy atom. The van der Waals surface area contributed by atoms with Crippen molar-refractivity contribution in [2.24, 2.45) is 0 Å². The summed E-state index contributed by atoms with van der Waals surface area (Å²) in [6.45, 7) is 2.88. The van der Waals surface area contributed by atoms with Gasteiger partial charge in [0.1, 0.15) is 11.6 Å². The molecule has 0 spiro atoms. The van der Waals surface area contributed by atoms with Crippen LogP contribution in [0.2, 0.25) is 5.02 Å². The molecule has 1 aromatic heterocycles. The molecule has 3 aromatic rings. The summed E-state index contributed by atoms with van der Waals surface area (Å²) in [5.41, 5.74) is 4.71. The Hall–Kier alpha value is -2.33. The van der Waals surface area contributed by atoms with Crippen LogP contribution in [0.25, 0.3) is 16.9 Å². The zero-order chi connectivity index (χ0) is 17.4. The highest BCUT2D eigenvalue weighted by molar-refractivity contribution is 6.31. The van der Waals surface area contributed by atoms with E-state index in [0.29, 0.717) is 5.02 Å². The van der Waals surface area contributed by atoms with Crippen LogP contribution in [0.15, 0.2) is 42.5 Å². The number of halogens is 2. The van der Waals surface area contributed by atoms with E-state index in [9.17, 15) is 4.39 Å². The van der Waals surface area contributed by atoms with Gasteiger partial charge in [-0.05, 0) is 56.0 Å². The van der Waals surface area contributed by atoms with Crippen LogP contribution in [0.4, 0.5) is 10.2 Å². The van der Waals surface area contributed by atoms with Crippen molar-refractivity contribution in [1.29, 1.82) is 0 Å². The van der Waals surface area contributed by atoms with Crippen LogP contribution in [0.5, 0.6) is 0 Å². The van der Waals surface area contributed by atoms with E-state index in [1.807, 2.05) is 35.9 Å². The predicted molar refractivity (Wildman–Crippen MR) is 100 cm³/mol. The third-order valence-corrected chi connectivity index (χ3v) is 5.03. The fourth-order valence-electron chi connectivity index (χ4n) is 3.27. The van der Waals surface area contributed by atoms with Gasteiger partial charge in [-0.2, -0.15) is 5.10 Å². The van der Waals surface area contributed by atoms with Gasteiger partial charge in [0.05, 0.1) is 11.4 Å². The average Bonchev–Trinajstić information content (AvgIpc) is 2.79. The van der Waals surface area contributed by atoms with Crippen LogP contribution < -0.4 is 5.32 Å². The van der Waals surface area contributed by atoms with Gasteiger partial charge in [0.15, 0.2) is 0 Å². The molecule has 0 radical (unpaired) electrons. The lowest BCUT2D eigenvalue weighted by atomic mass is 10.0. The molecule has 128 valence electrons. The molecule has 0 aliphatic carbocycles. The lowest BCUT2D eigenvalue weighted by molar-refractivity contribution is 0.628. The van der Waals surface area contributed by atoms with Gasteiger partial charge in [-0.25, -0.2) is 9.07 Å². The lowest BCUT2D eigenvalue weighted by Crippen LogP contribution is -2.07. The molecule has 2 aromatic carbocycles. The first-order valence-electron chi connectivity index (χ1n) is 8.52. The topological polar surface area (TPSA) is 29.9 Å². The smallest absolute Gasteiger partial charge is 0.133 e. The quantitative estimate of drug-likeness (QED) is 0.668. The Labute approximate surface area is 151 Å². The second-order valence-electron chi connectivity index (χ2n) is 6.42. The number of hydrogen-bond donors (Lipinski definition) is 1. The zero-order valence-corrected chi connectivity index (χ0v) is 14.8. The van der Waals surface area contributed by atoms with E-state index in [1.165, 1.54) is 6.07 Å². The van der Waals surface area contributed by atoms with Crippen LogP contribution in [-0.4, -0.2) is 16.3 Å². The van der Waals surface area contributed by atoms with E-state index in [1.54, 1.807) is 12.1 Å². The van der Waals surface area contributed by atoms with E-state index in [2.05, 4.69) is 5.32 Å². The summed E-state index contributed by atoms with van der Waals surface area (Å²) < 4.78 is 15.6. The molecule has 0 fully saturated rings. The molecule has 0 amide bonds. The third-order valence-electron chi connectivity index (χ3n) is 4.63. The Balaban J connectivity index is 1.91. The molecule has 0 saturated carbocycles. The second-order valence-corrected chi connectivity index (χ2v) is 6.82. The van der Waals surface area contributed by atoms with Crippen molar-refractivity contribution >= 4 is 17.4 Å². The normalized spacial score (nSPS) is 13.9. The van der Waals surface area contributed by atoms with Crippen molar-refractivity contribution in [2.45, 2.75) is 26.2 Å². The number of hydrogen-bond acceptors (Lipinski definition) is 2. The minimum Gasteiger partial charge on any atom is -0.370 e. The second kappa shape index (κ2) is 6.52. The Kier molecular flexibility index (Phi) is 4.22. The number of rotatable bonds is 2. The Morgan fingerprint density at radius 3 is 2.84 bits per heavy atom. The van der Waals surface area contributed by atoms with Crippen LogP contribution in [0, 0.1) is 12.7 Å². The highest BCUT2D eigenvalue weighted by Gasteiger charge is 2.22. The summed E-state index contributed by atoms with van der Waals surface area (Å²) in [6.07, 6.45) is 3.11. The molecule has 0 unspecified atom stereocenters. The van der Waals surface area contributed by atoms with Gasteiger partial charge in [0, 0.05) is 22.7 Å². The molecular formula is C20H19ClFN3. The molecule has 3 nitrogen and oxygen atoms in total. The Morgan fingerprint density at radius 2 is 2.04 bits per heavy atom. The summed E-state index contributed by atoms with van der Waals surface area (Å²) in [7, 11) is 0. The van der Waals surface area contributed by atoms with E-state index in [4.69, 9.17) is 16.7 Å². The van der Waals surface area contributed by atoms with Gasteiger partial charge in [-0.1, -0.05) is 29.8 Å². The van der Waals surface area contributed by atoms with E-state index >= 15 is 0 Å². The number of benzene rings is 2. The van der Waals surface area contributed by atoms with Crippen molar-refractivity contribution in [3.05, 3.63) is 64.4 Å². The van der Waals surface area contributed by atoms with Crippen LogP contribution >= 0.6 is 11.6 Å². The molecule has 1 aliphatic heterocycles. The molecule has 0 atom stereocenters. The van der Waals surface area contributed by atoms with Gasteiger partial charge in [0.25, 0.3) is 0 Å². The monoisotopic (exact) mass is 355 g/mol. The molecule has 4 rings (SSSR count). The number of nitrogens with one attached hydrogen (secondary N) is 1. The third kappa shape index (κ3) is 3.02. The molecule has 0 bridgehead atoms. The minimum absolute atomic E-state index is 0.249. The number of aromatic nitrogens is 2. The summed E-state index contributed by atoms with van der Waals surface area (Å²) in [5, 5.41) is 9.02. The fraction of sp³-hybridized carbons (Fsp3) is 0.250. The predicted octanol–water partition coefficient (Wildman–Crippen LogP) is 5.39. The van der Waals surface area contributed by atoms with Crippen LogP contribution in [-0.2, 0) is 6.42 Å². The summed E-state index contributed by atoms with van der Waals surface area (Å²) in [5.74, 6) is 0.734. The van der Waals surface area contributed by atoms with E-state index in [-0.39, 0.29) is 5.82 Å². The van der Waals surface area contributed by atoms with Crippen molar-refractivity contribution < 1.29 is 4.39 Å². The van der Waals surface area contributed by atoms with E-state index in [0.717, 1.165) is 59.7 Å². The average molecular weight is 356 g/mol. The number of aryl methyl sites for hydroxylation is 1. The summed E-state index contributed by atoms with van der Waals surface area (Å²) in [4.78, 5) is 0.